The highest BCUT2D eigenvalue weighted by molar-refractivity contribution is 8.01. The van der Waals surface area contributed by atoms with E-state index in [2.05, 4.69) is 15.2 Å². The van der Waals surface area contributed by atoms with Crippen LogP contribution in [0.3, 0.4) is 0 Å². The third-order valence-electron chi connectivity index (χ3n) is 5.15. The van der Waals surface area contributed by atoms with Crippen LogP contribution in [0.15, 0.2) is 9.72 Å². The Hall–Kier alpha value is -1.16. The number of carboxylic acids is 1. The Morgan fingerprint density at radius 3 is 2.89 bits per heavy atom. The smallest absolute Gasteiger partial charge is 0.355 e. The Kier molecular flexibility index (Phi) is 7.93. The maximum atomic E-state index is 12.2. The number of rotatable bonds is 10. The van der Waals surface area contributed by atoms with E-state index < -0.39 is 5.97 Å². The molecular formula is C18H28N4O3S2. The number of thiazole rings is 1. The van der Waals surface area contributed by atoms with Crippen LogP contribution in [0.5, 0.6) is 0 Å². The fourth-order valence-corrected chi connectivity index (χ4v) is 5.46. The largest absolute Gasteiger partial charge is 0.476 e. The number of likely N-dealkylation sites (tertiary alicyclic amines) is 2. The van der Waals surface area contributed by atoms with Crippen LogP contribution in [0, 0.1) is 0 Å². The second kappa shape index (κ2) is 10.4. The molecule has 1 amide bonds. The average molecular weight is 413 g/mol. The van der Waals surface area contributed by atoms with E-state index in [1.54, 1.807) is 5.38 Å². The molecule has 3 heterocycles. The molecule has 0 saturated carbocycles. The lowest BCUT2D eigenvalue weighted by molar-refractivity contribution is -0.128. The summed E-state index contributed by atoms with van der Waals surface area (Å²) in [6.07, 6.45) is 5.54. The Morgan fingerprint density at radius 1 is 1.33 bits per heavy atom. The molecule has 2 aliphatic heterocycles. The Labute approximate surface area is 168 Å². The molecular weight excluding hydrogens is 384 g/mol. The summed E-state index contributed by atoms with van der Waals surface area (Å²) in [5.74, 6) is -0.0323. The summed E-state index contributed by atoms with van der Waals surface area (Å²) in [6, 6.07) is 0.269. The molecule has 150 valence electrons. The van der Waals surface area contributed by atoms with Gasteiger partial charge in [-0.25, -0.2) is 9.78 Å². The van der Waals surface area contributed by atoms with Crippen LogP contribution in [0.4, 0.5) is 0 Å². The van der Waals surface area contributed by atoms with Crippen molar-refractivity contribution < 1.29 is 14.7 Å². The number of carbonyl (C=O) groups excluding carboxylic acids is 1. The average Bonchev–Trinajstić information content (AvgIpc) is 3.28. The van der Waals surface area contributed by atoms with Gasteiger partial charge in [0, 0.05) is 49.8 Å². The quantitative estimate of drug-likeness (QED) is 0.449. The monoisotopic (exact) mass is 412 g/mol. The molecule has 1 atom stereocenters. The Morgan fingerprint density at radius 2 is 2.15 bits per heavy atom. The van der Waals surface area contributed by atoms with E-state index in [-0.39, 0.29) is 17.6 Å². The molecule has 1 aromatic rings. The van der Waals surface area contributed by atoms with Crippen molar-refractivity contribution >= 4 is 35.0 Å². The number of carbonyl (C=O) groups is 2. The minimum atomic E-state index is -0.997. The molecule has 1 aromatic heterocycles. The van der Waals surface area contributed by atoms with Gasteiger partial charge in [0.2, 0.25) is 5.91 Å². The van der Waals surface area contributed by atoms with Gasteiger partial charge in [0.1, 0.15) is 0 Å². The van der Waals surface area contributed by atoms with Crippen molar-refractivity contribution in [2.24, 2.45) is 0 Å². The fourth-order valence-electron chi connectivity index (χ4n) is 3.65. The van der Waals surface area contributed by atoms with Gasteiger partial charge in [0.25, 0.3) is 0 Å². The number of aromatic nitrogens is 1. The minimum Gasteiger partial charge on any atom is -0.476 e. The second-order valence-corrected chi connectivity index (χ2v) is 9.24. The van der Waals surface area contributed by atoms with Crippen molar-refractivity contribution in [1.82, 2.24) is 20.1 Å². The lowest BCUT2D eigenvalue weighted by Gasteiger charge is -2.28. The number of aromatic carboxylic acids is 1. The summed E-state index contributed by atoms with van der Waals surface area (Å²) < 4.78 is 0.746. The van der Waals surface area contributed by atoms with Crippen molar-refractivity contribution in [3.8, 4) is 0 Å². The molecule has 27 heavy (non-hydrogen) atoms. The summed E-state index contributed by atoms with van der Waals surface area (Å²) in [5, 5.41) is 14.0. The molecule has 3 rings (SSSR count). The molecule has 0 aliphatic carbocycles. The number of nitrogens with one attached hydrogen (secondary N) is 1. The van der Waals surface area contributed by atoms with Crippen LogP contribution in [0.2, 0.25) is 0 Å². The van der Waals surface area contributed by atoms with Crippen LogP contribution in [0.25, 0.3) is 0 Å². The highest BCUT2D eigenvalue weighted by Crippen LogP contribution is 2.24. The molecule has 2 saturated heterocycles. The first-order chi connectivity index (χ1) is 13.1. The van der Waals surface area contributed by atoms with Gasteiger partial charge in [-0.05, 0) is 32.4 Å². The van der Waals surface area contributed by atoms with E-state index in [1.807, 2.05) is 4.90 Å². The van der Waals surface area contributed by atoms with E-state index in [9.17, 15) is 9.59 Å². The first kappa shape index (κ1) is 20.6. The van der Waals surface area contributed by atoms with Crippen LogP contribution in [-0.4, -0.2) is 82.8 Å². The van der Waals surface area contributed by atoms with Crippen molar-refractivity contribution in [1.29, 1.82) is 0 Å². The first-order valence-corrected chi connectivity index (χ1v) is 11.5. The minimum absolute atomic E-state index is 0.0931. The number of hydrogen-bond donors (Lipinski definition) is 2. The standard InChI is InChI=1S/C18H28N4O3S2/c23-16-5-4-14(12-19-6-9-21-7-2-1-3-8-21)22(16)10-11-26-18-20-15(13-27-18)17(24)25/h13-14,19H,1-12H2,(H,24,25)/t14-/m1/s1. The van der Waals surface area contributed by atoms with Gasteiger partial charge in [-0.3, -0.25) is 4.79 Å². The van der Waals surface area contributed by atoms with Crippen molar-refractivity contribution in [3.05, 3.63) is 11.1 Å². The third-order valence-corrected chi connectivity index (χ3v) is 7.15. The van der Waals surface area contributed by atoms with Crippen molar-refractivity contribution in [2.45, 2.75) is 42.5 Å². The Balaban J connectivity index is 1.36. The number of amides is 1. The van der Waals surface area contributed by atoms with Gasteiger partial charge in [-0.2, -0.15) is 0 Å². The maximum Gasteiger partial charge on any atom is 0.355 e. The number of piperidine rings is 1. The zero-order valence-corrected chi connectivity index (χ0v) is 17.2. The third kappa shape index (κ3) is 6.17. The molecule has 0 bridgehead atoms. The van der Waals surface area contributed by atoms with E-state index >= 15 is 0 Å². The number of hydrogen-bond acceptors (Lipinski definition) is 7. The zero-order valence-electron chi connectivity index (χ0n) is 15.6. The summed E-state index contributed by atoms with van der Waals surface area (Å²) in [7, 11) is 0. The molecule has 7 nitrogen and oxygen atoms in total. The highest BCUT2D eigenvalue weighted by Gasteiger charge is 2.30. The Bertz CT molecular complexity index is 634. The number of thioether (sulfide) groups is 1. The van der Waals surface area contributed by atoms with Crippen LogP contribution in [0.1, 0.15) is 42.6 Å². The highest BCUT2D eigenvalue weighted by atomic mass is 32.2. The summed E-state index contributed by atoms with van der Waals surface area (Å²) in [5.41, 5.74) is 0.0931. The van der Waals surface area contributed by atoms with E-state index in [0.29, 0.717) is 13.0 Å². The summed E-state index contributed by atoms with van der Waals surface area (Å²) >= 11 is 2.86. The molecule has 0 aromatic carbocycles. The molecule has 2 fully saturated rings. The molecule has 0 unspecified atom stereocenters. The summed E-state index contributed by atoms with van der Waals surface area (Å²) in [6.45, 7) is 6.03. The molecule has 2 N–H and O–H groups in total. The van der Waals surface area contributed by atoms with Crippen LogP contribution in [-0.2, 0) is 4.79 Å². The predicted octanol–water partition coefficient (Wildman–Crippen LogP) is 2.00. The topological polar surface area (TPSA) is 85.8 Å². The van der Waals surface area contributed by atoms with Gasteiger partial charge in [0.05, 0.1) is 0 Å². The number of nitrogens with zero attached hydrogens (tertiary/aromatic N) is 3. The molecule has 9 heteroatoms. The van der Waals surface area contributed by atoms with Gasteiger partial charge < -0.3 is 20.2 Å². The van der Waals surface area contributed by atoms with Crippen molar-refractivity contribution in [2.75, 3.05) is 45.0 Å². The first-order valence-electron chi connectivity index (χ1n) is 9.67. The van der Waals surface area contributed by atoms with Crippen molar-refractivity contribution in [3.63, 3.8) is 0 Å². The molecule has 0 spiro atoms. The van der Waals surface area contributed by atoms with Gasteiger partial charge in [-0.15, -0.1) is 11.3 Å². The van der Waals surface area contributed by atoms with Crippen LogP contribution < -0.4 is 5.32 Å². The van der Waals surface area contributed by atoms with Crippen LogP contribution >= 0.6 is 23.1 Å². The molecule has 0 radical (unpaired) electrons. The van der Waals surface area contributed by atoms with Gasteiger partial charge >= 0.3 is 5.97 Å². The van der Waals surface area contributed by atoms with E-state index in [0.717, 1.165) is 36.1 Å². The fraction of sp³-hybridized carbons (Fsp3) is 0.722. The molecule has 2 aliphatic rings. The van der Waals surface area contributed by atoms with Gasteiger partial charge in [0.15, 0.2) is 10.0 Å². The number of carboxylic acid groups (broad SMARTS) is 1. The lowest BCUT2D eigenvalue weighted by atomic mass is 10.1. The van der Waals surface area contributed by atoms with Gasteiger partial charge in [-0.1, -0.05) is 18.2 Å². The summed E-state index contributed by atoms with van der Waals surface area (Å²) in [4.78, 5) is 31.6. The SMILES string of the molecule is O=C(O)c1csc(SCCN2C(=O)CC[C@@H]2CNCCN2CCCCC2)n1. The predicted molar refractivity (Wildman–Crippen MR) is 108 cm³/mol. The van der Waals surface area contributed by atoms with E-state index in [1.165, 1.54) is 55.5 Å². The second-order valence-electron chi connectivity index (χ2n) is 7.04. The zero-order chi connectivity index (χ0) is 19.1. The lowest BCUT2D eigenvalue weighted by Crippen LogP contribution is -2.43. The normalized spacial score (nSPS) is 21.1. The maximum absolute atomic E-state index is 12.2. The van der Waals surface area contributed by atoms with E-state index in [4.69, 9.17) is 5.11 Å².